The topological polar surface area (TPSA) is 133 Å². The van der Waals surface area contributed by atoms with Crippen molar-refractivity contribution in [3.63, 3.8) is 0 Å². The van der Waals surface area contributed by atoms with Gasteiger partial charge >= 0.3 is 0 Å². The highest BCUT2D eigenvalue weighted by Crippen LogP contribution is 2.25. The zero-order chi connectivity index (χ0) is 23.5. The molecule has 0 spiro atoms. The molecule has 0 unspecified atom stereocenters. The van der Waals surface area contributed by atoms with Crippen molar-refractivity contribution in [3.05, 3.63) is 72.1 Å². The van der Waals surface area contributed by atoms with Crippen LogP contribution in [0.4, 0.5) is 11.5 Å². The quantitative estimate of drug-likeness (QED) is 0.252. The van der Waals surface area contributed by atoms with E-state index >= 15 is 0 Å². The number of hydrazine groups is 1. The third-order valence-corrected chi connectivity index (χ3v) is 5.99. The Morgan fingerprint density at radius 2 is 1.91 bits per heavy atom. The summed E-state index contributed by atoms with van der Waals surface area (Å²) in [7, 11) is 0. The van der Waals surface area contributed by atoms with E-state index in [1.54, 1.807) is 6.20 Å². The molecular weight excluding hydrogens is 428 g/mol. The zero-order valence-corrected chi connectivity index (χ0v) is 18.9. The highest BCUT2D eigenvalue weighted by molar-refractivity contribution is 5.98. The molecule has 5 rings (SSSR count). The van der Waals surface area contributed by atoms with Crippen molar-refractivity contribution in [2.75, 3.05) is 25.0 Å². The number of carbonyl (C=O) groups is 1. The lowest BCUT2D eigenvalue weighted by atomic mass is 10.0. The van der Waals surface area contributed by atoms with Crippen molar-refractivity contribution in [1.82, 2.24) is 31.1 Å². The first-order chi connectivity index (χ1) is 16.6. The lowest BCUT2D eigenvalue weighted by Gasteiger charge is -2.11. The van der Waals surface area contributed by atoms with Crippen molar-refractivity contribution in [3.8, 4) is 11.4 Å². The molecule has 1 aliphatic heterocycles. The minimum absolute atomic E-state index is 0.0916. The molecule has 1 atom stereocenters. The van der Waals surface area contributed by atoms with E-state index in [4.69, 9.17) is 5.73 Å². The summed E-state index contributed by atoms with van der Waals surface area (Å²) in [5.41, 5.74) is 16.4. The maximum Gasteiger partial charge on any atom is 0.267 e. The van der Waals surface area contributed by atoms with E-state index in [-0.39, 0.29) is 11.9 Å². The first-order valence-electron chi connectivity index (χ1n) is 11.4. The summed E-state index contributed by atoms with van der Waals surface area (Å²) >= 11 is 0. The number of rotatable bonds is 7. The minimum atomic E-state index is -0.176. The van der Waals surface area contributed by atoms with Crippen LogP contribution in [0.2, 0.25) is 0 Å². The Morgan fingerprint density at radius 1 is 1.12 bits per heavy atom. The summed E-state index contributed by atoms with van der Waals surface area (Å²) in [6.07, 6.45) is 1.74. The van der Waals surface area contributed by atoms with Gasteiger partial charge in [0.25, 0.3) is 5.91 Å². The van der Waals surface area contributed by atoms with Gasteiger partial charge in [0.15, 0.2) is 5.82 Å². The Bertz CT molecular complexity index is 1290. The first-order valence-corrected chi connectivity index (χ1v) is 11.4. The number of aromatic amines is 1. The number of H-pyrrole nitrogens is 1. The Balaban J connectivity index is 1.33. The molecule has 1 saturated heterocycles. The van der Waals surface area contributed by atoms with Gasteiger partial charge < -0.3 is 21.4 Å². The molecule has 0 saturated carbocycles. The predicted octanol–water partition coefficient (Wildman–Crippen LogP) is 2.64. The summed E-state index contributed by atoms with van der Waals surface area (Å²) in [6.45, 7) is 4.13. The molecule has 9 heteroatoms. The third kappa shape index (κ3) is 4.76. The molecular formula is C25H28N8O. The molecule has 0 aliphatic carbocycles. The molecule has 0 bridgehead atoms. The van der Waals surface area contributed by atoms with Crippen LogP contribution in [-0.4, -0.2) is 46.5 Å². The molecule has 0 radical (unpaired) electrons. The van der Waals surface area contributed by atoms with Gasteiger partial charge in [-0.3, -0.25) is 15.6 Å². The molecule has 4 aromatic rings. The summed E-state index contributed by atoms with van der Waals surface area (Å²) in [6, 6.07) is 17.9. The van der Waals surface area contributed by atoms with Crippen LogP contribution in [0.15, 0.2) is 60.8 Å². The second-order valence-corrected chi connectivity index (χ2v) is 8.57. The Morgan fingerprint density at radius 3 is 2.68 bits per heavy atom. The van der Waals surface area contributed by atoms with Gasteiger partial charge in [0.2, 0.25) is 0 Å². The van der Waals surface area contributed by atoms with Crippen LogP contribution in [0.1, 0.15) is 28.9 Å². The van der Waals surface area contributed by atoms with Crippen molar-refractivity contribution in [2.45, 2.75) is 18.9 Å². The van der Waals surface area contributed by atoms with Gasteiger partial charge in [-0.25, -0.2) is 9.97 Å². The van der Waals surface area contributed by atoms with Crippen LogP contribution in [0.3, 0.4) is 0 Å². The lowest BCUT2D eigenvalue weighted by molar-refractivity contribution is 0.0937. The molecule has 1 aliphatic rings. The molecule has 3 heterocycles. The van der Waals surface area contributed by atoms with Crippen LogP contribution >= 0.6 is 0 Å². The predicted molar refractivity (Wildman–Crippen MR) is 134 cm³/mol. The fourth-order valence-electron chi connectivity index (χ4n) is 4.00. The van der Waals surface area contributed by atoms with Crippen molar-refractivity contribution >= 4 is 28.3 Å². The number of hydrogen-bond acceptors (Lipinski definition) is 7. The van der Waals surface area contributed by atoms with Gasteiger partial charge in [0.1, 0.15) is 11.5 Å². The number of benzene rings is 2. The fraction of sp³-hybridized carbons (Fsp3) is 0.240. The molecule has 7 N–H and O–H groups in total. The molecule has 174 valence electrons. The van der Waals surface area contributed by atoms with Gasteiger partial charge in [-0.2, -0.15) is 0 Å². The summed E-state index contributed by atoms with van der Waals surface area (Å²) < 4.78 is 0. The highest BCUT2D eigenvalue weighted by Gasteiger charge is 2.16. The number of nitrogens with two attached hydrogens (primary N) is 1. The second kappa shape index (κ2) is 9.60. The SMILES string of the molecule is C[C@@H](CN)NC(=O)c1cc2ccc(-c3nccc(Nc4ccc(C5CNNC5)cc4)n3)cc2[nH]1. The third-order valence-electron chi connectivity index (χ3n) is 5.99. The summed E-state index contributed by atoms with van der Waals surface area (Å²) in [5, 5.41) is 7.17. The standard InChI is InChI=1S/C25H28N8O/c1-15(12-26)30-25(34)22-10-17-2-3-18(11-21(17)32-22)24-27-9-8-23(33-24)31-20-6-4-16(5-7-20)19-13-28-29-14-19/h2-11,15,19,28-29,32H,12-14,26H2,1H3,(H,30,34)(H,27,31,33)/t15-/m0/s1. The smallest absolute Gasteiger partial charge is 0.267 e. The molecule has 2 aromatic carbocycles. The number of amides is 1. The Labute approximate surface area is 197 Å². The maximum absolute atomic E-state index is 12.4. The van der Waals surface area contributed by atoms with E-state index in [0.29, 0.717) is 29.8 Å². The van der Waals surface area contributed by atoms with Crippen LogP contribution in [-0.2, 0) is 0 Å². The maximum atomic E-state index is 12.4. The molecule has 1 fully saturated rings. The monoisotopic (exact) mass is 456 g/mol. The lowest BCUT2D eigenvalue weighted by Crippen LogP contribution is -2.37. The van der Waals surface area contributed by atoms with E-state index in [1.165, 1.54) is 5.56 Å². The molecule has 34 heavy (non-hydrogen) atoms. The second-order valence-electron chi connectivity index (χ2n) is 8.57. The number of nitrogens with one attached hydrogen (secondary N) is 5. The van der Waals surface area contributed by atoms with Crippen molar-refractivity contribution in [2.24, 2.45) is 5.73 Å². The normalized spacial score (nSPS) is 14.9. The molecule has 9 nitrogen and oxygen atoms in total. The van der Waals surface area contributed by atoms with Crippen molar-refractivity contribution in [1.29, 1.82) is 0 Å². The van der Waals surface area contributed by atoms with Gasteiger partial charge in [0.05, 0.1) is 0 Å². The zero-order valence-electron chi connectivity index (χ0n) is 18.9. The Hall–Kier alpha value is -3.79. The van der Waals surface area contributed by atoms with E-state index in [2.05, 4.69) is 60.7 Å². The Kier molecular flexibility index (Phi) is 6.22. The summed E-state index contributed by atoms with van der Waals surface area (Å²) in [5.74, 6) is 1.62. The average molecular weight is 457 g/mol. The fourth-order valence-corrected chi connectivity index (χ4v) is 4.00. The van der Waals surface area contributed by atoms with Gasteiger partial charge in [-0.1, -0.05) is 24.3 Å². The van der Waals surface area contributed by atoms with E-state index < -0.39 is 0 Å². The van der Waals surface area contributed by atoms with Crippen LogP contribution in [0.5, 0.6) is 0 Å². The van der Waals surface area contributed by atoms with Gasteiger partial charge in [-0.15, -0.1) is 0 Å². The van der Waals surface area contributed by atoms with E-state index in [1.807, 2.05) is 37.3 Å². The van der Waals surface area contributed by atoms with Crippen molar-refractivity contribution < 1.29 is 4.79 Å². The van der Waals surface area contributed by atoms with Crippen LogP contribution in [0, 0.1) is 0 Å². The first kappa shape index (κ1) is 22.0. The molecule has 1 amide bonds. The number of hydrogen-bond donors (Lipinski definition) is 6. The largest absolute Gasteiger partial charge is 0.351 e. The average Bonchev–Trinajstić information content (AvgIpc) is 3.54. The highest BCUT2D eigenvalue weighted by atomic mass is 16.1. The minimum Gasteiger partial charge on any atom is -0.351 e. The number of fused-ring (bicyclic) bond motifs is 1. The summed E-state index contributed by atoms with van der Waals surface area (Å²) in [4.78, 5) is 24.7. The van der Waals surface area contributed by atoms with Crippen LogP contribution < -0.4 is 27.2 Å². The number of carbonyl (C=O) groups excluding carboxylic acids is 1. The molecule has 2 aromatic heterocycles. The number of nitrogens with zero attached hydrogens (tertiary/aromatic N) is 2. The van der Waals surface area contributed by atoms with Gasteiger partial charge in [0, 0.05) is 59.9 Å². The van der Waals surface area contributed by atoms with E-state index in [0.717, 1.165) is 35.2 Å². The van der Waals surface area contributed by atoms with E-state index in [9.17, 15) is 4.79 Å². The number of aromatic nitrogens is 3. The van der Waals surface area contributed by atoms with Crippen LogP contribution in [0.25, 0.3) is 22.3 Å². The number of anilines is 2. The van der Waals surface area contributed by atoms with Gasteiger partial charge in [-0.05, 0) is 42.8 Å².